The molecule has 0 bridgehead atoms. The maximum Gasteiger partial charge on any atom is 0.278 e. The molecule has 0 saturated heterocycles. The summed E-state index contributed by atoms with van der Waals surface area (Å²) in [5, 5.41) is 11.5. The molecule has 0 aliphatic carbocycles. The molecule has 0 radical (unpaired) electrons. The van der Waals surface area contributed by atoms with Crippen LogP contribution in [0.25, 0.3) is 0 Å². The van der Waals surface area contributed by atoms with E-state index >= 15 is 0 Å². The van der Waals surface area contributed by atoms with Crippen molar-refractivity contribution in [1.82, 2.24) is 10.2 Å². The number of nitrogens with zero attached hydrogens (tertiary/aromatic N) is 3. The summed E-state index contributed by atoms with van der Waals surface area (Å²) in [5.41, 5.74) is 3.82. The van der Waals surface area contributed by atoms with Crippen LogP contribution >= 0.6 is 0 Å². The molecule has 0 saturated carbocycles. The zero-order valence-electron chi connectivity index (χ0n) is 14.4. The molecule has 2 heterocycles. The van der Waals surface area contributed by atoms with E-state index in [1.54, 1.807) is 11.0 Å². The lowest BCUT2D eigenvalue weighted by molar-refractivity contribution is 0.0983. The second-order valence-corrected chi connectivity index (χ2v) is 6.30. The molecule has 5 nitrogen and oxygen atoms in total. The lowest BCUT2D eigenvalue weighted by Crippen LogP contribution is -2.29. The number of fused-ring (bicyclic) bond motifs is 1. The van der Waals surface area contributed by atoms with E-state index in [-0.39, 0.29) is 5.91 Å². The van der Waals surface area contributed by atoms with Gasteiger partial charge in [0, 0.05) is 18.8 Å². The number of para-hydroxylation sites is 1. The third-order valence-electron chi connectivity index (χ3n) is 4.58. The highest BCUT2D eigenvalue weighted by Gasteiger charge is 2.26. The largest absolute Gasteiger partial charge is 0.368 e. The highest BCUT2D eigenvalue weighted by atomic mass is 16.2. The van der Waals surface area contributed by atoms with Crippen LogP contribution in [0.3, 0.4) is 0 Å². The van der Waals surface area contributed by atoms with E-state index in [2.05, 4.69) is 33.7 Å². The quantitative estimate of drug-likeness (QED) is 0.771. The Bertz CT molecular complexity index is 893. The summed E-state index contributed by atoms with van der Waals surface area (Å²) in [4.78, 5) is 14.5. The van der Waals surface area contributed by atoms with Gasteiger partial charge in [0.05, 0.1) is 0 Å². The zero-order chi connectivity index (χ0) is 17.8. The summed E-state index contributed by atoms with van der Waals surface area (Å²) in [6.07, 6.45) is 1.79. The van der Waals surface area contributed by atoms with Crippen LogP contribution < -0.4 is 10.2 Å². The molecular formula is C21H20N4O. The predicted molar refractivity (Wildman–Crippen MR) is 102 cm³/mol. The molecule has 0 fully saturated rings. The zero-order valence-corrected chi connectivity index (χ0v) is 14.4. The average Bonchev–Trinajstić information content (AvgIpc) is 3.13. The number of hydrogen-bond donors (Lipinski definition) is 1. The minimum Gasteiger partial charge on any atom is -0.368 e. The molecule has 0 atom stereocenters. The van der Waals surface area contributed by atoms with Crippen molar-refractivity contribution in [1.29, 1.82) is 0 Å². The van der Waals surface area contributed by atoms with Crippen LogP contribution in [0.1, 0.15) is 21.6 Å². The van der Waals surface area contributed by atoms with E-state index in [0.29, 0.717) is 18.1 Å². The van der Waals surface area contributed by atoms with Crippen molar-refractivity contribution in [2.45, 2.75) is 12.8 Å². The molecule has 1 aromatic heterocycles. The summed E-state index contributed by atoms with van der Waals surface area (Å²) in [7, 11) is 0. The molecule has 2 aromatic carbocycles. The second kappa shape index (κ2) is 7.35. The predicted octanol–water partition coefficient (Wildman–Crippen LogP) is 3.33. The van der Waals surface area contributed by atoms with Gasteiger partial charge in [-0.2, -0.15) is 0 Å². The Balaban J connectivity index is 1.38. The summed E-state index contributed by atoms with van der Waals surface area (Å²) in [6.45, 7) is 1.46. The monoisotopic (exact) mass is 344 g/mol. The van der Waals surface area contributed by atoms with Crippen LogP contribution in [-0.2, 0) is 12.8 Å². The standard InChI is InChI=1S/C21H20N4O/c26-21(25-15-13-17-8-4-5-9-19(17)25)18-10-11-20(24-23-18)22-14-12-16-6-2-1-3-7-16/h1-11H,12-15H2,(H,22,24). The SMILES string of the molecule is O=C(c1ccc(NCCc2ccccc2)nn1)N1CCc2ccccc21. The van der Waals surface area contributed by atoms with Gasteiger partial charge in [0.25, 0.3) is 5.91 Å². The molecule has 0 spiro atoms. The highest BCUT2D eigenvalue weighted by molar-refractivity contribution is 6.06. The molecule has 1 aliphatic heterocycles. The first-order chi connectivity index (χ1) is 12.8. The van der Waals surface area contributed by atoms with Crippen molar-refractivity contribution in [3.63, 3.8) is 0 Å². The van der Waals surface area contributed by atoms with E-state index < -0.39 is 0 Å². The van der Waals surface area contributed by atoms with Crippen LogP contribution in [0.5, 0.6) is 0 Å². The topological polar surface area (TPSA) is 58.1 Å². The normalized spacial score (nSPS) is 12.7. The number of hydrogen-bond acceptors (Lipinski definition) is 4. The number of anilines is 2. The average molecular weight is 344 g/mol. The number of nitrogens with one attached hydrogen (secondary N) is 1. The number of aromatic nitrogens is 2. The Labute approximate surface area is 152 Å². The fourth-order valence-corrected chi connectivity index (χ4v) is 3.21. The minimum atomic E-state index is -0.0988. The van der Waals surface area contributed by atoms with Gasteiger partial charge < -0.3 is 10.2 Å². The molecule has 1 aliphatic rings. The van der Waals surface area contributed by atoms with Crippen molar-refractivity contribution in [2.24, 2.45) is 0 Å². The van der Waals surface area contributed by atoms with Crippen LogP contribution in [0.4, 0.5) is 11.5 Å². The van der Waals surface area contributed by atoms with Crippen molar-refractivity contribution in [3.05, 3.63) is 83.6 Å². The fourth-order valence-electron chi connectivity index (χ4n) is 3.21. The lowest BCUT2D eigenvalue weighted by Gasteiger charge is -2.16. The molecule has 1 N–H and O–H groups in total. The first-order valence-corrected chi connectivity index (χ1v) is 8.82. The van der Waals surface area contributed by atoms with Crippen LogP contribution in [0.2, 0.25) is 0 Å². The molecule has 26 heavy (non-hydrogen) atoms. The first-order valence-electron chi connectivity index (χ1n) is 8.82. The van der Waals surface area contributed by atoms with Gasteiger partial charge in [0.15, 0.2) is 5.69 Å². The van der Waals surface area contributed by atoms with Gasteiger partial charge in [0.2, 0.25) is 0 Å². The van der Waals surface area contributed by atoms with Gasteiger partial charge in [0.1, 0.15) is 5.82 Å². The molecular weight excluding hydrogens is 324 g/mol. The highest BCUT2D eigenvalue weighted by Crippen LogP contribution is 2.28. The van der Waals surface area contributed by atoms with Crippen molar-refractivity contribution >= 4 is 17.4 Å². The smallest absolute Gasteiger partial charge is 0.278 e. The Morgan fingerprint density at radius 3 is 2.58 bits per heavy atom. The molecule has 0 unspecified atom stereocenters. The Hall–Kier alpha value is -3.21. The molecule has 130 valence electrons. The number of carbonyl (C=O) groups excluding carboxylic acids is 1. The van der Waals surface area contributed by atoms with E-state index in [1.807, 2.05) is 42.5 Å². The minimum absolute atomic E-state index is 0.0988. The van der Waals surface area contributed by atoms with E-state index in [0.717, 1.165) is 25.1 Å². The van der Waals surface area contributed by atoms with Gasteiger partial charge in [-0.05, 0) is 42.2 Å². The number of rotatable bonds is 5. The molecule has 5 heteroatoms. The lowest BCUT2D eigenvalue weighted by atomic mass is 10.1. The van der Waals surface area contributed by atoms with Crippen molar-refractivity contribution in [2.75, 3.05) is 23.3 Å². The van der Waals surface area contributed by atoms with Crippen molar-refractivity contribution < 1.29 is 4.79 Å². The van der Waals surface area contributed by atoms with Crippen molar-refractivity contribution in [3.8, 4) is 0 Å². The number of amides is 1. The number of carbonyl (C=O) groups is 1. The van der Waals surface area contributed by atoms with Gasteiger partial charge in [-0.25, -0.2) is 0 Å². The van der Waals surface area contributed by atoms with Crippen LogP contribution in [0.15, 0.2) is 66.7 Å². The van der Waals surface area contributed by atoms with Gasteiger partial charge in [-0.15, -0.1) is 10.2 Å². The van der Waals surface area contributed by atoms with Gasteiger partial charge >= 0.3 is 0 Å². The summed E-state index contributed by atoms with van der Waals surface area (Å²) in [6, 6.07) is 21.8. The number of benzene rings is 2. The molecule has 1 amide bonds. The molecule has 3 aromatic rings. The van der Waals surface area contributed by atoms with Crippen LogP contribution in [-0.4, -0.2) is 29.2 Å². The third kappa shape index (κ3) is 3.42. The Morgan fingerprint density at radius 2 is 1.77 bits per heavy atom. The third-order valence-corrected chi connectivity index (χ3v) is 4.58. The summed E-state index contributed by atoms with van der Waals surface area (Å²) < 4.78 is 0. The Morgan fingerprint density at radius 1 is 0.962 bits per heavy atom. The van der Waals surface area contributed by atoms with Gasteiger partial charge in [-0.1, -0.05) is 48.5 Å². The second-order valence-electron chi connectivity index (χ2n) is 6.30. The first kappa shape index (κ1) is 16.3. The van der Waals surface area contributed by atoms with E-state index in [1.165, 1.54) is 11.1 Å². The Kier molecular flexibility index (Phi) is 4.60. The molecule has 4 rings (SSSR count). The van der Waals surface area contributed by atoms with E-state index in [4.69, 9.17) is 0 Å². The summed E-state index contributed by atoms with van der Waals surface area (Å²) >= 11 is 0. The van der Waals surface area contributed by atoms with E-state index in [9.17, 15) is 4.79 Å². The van der Waals surface area contributed by atoms with Crippen LogP contribution in [0, 0.1) is 0 Å². The summed E-state index contributed by atoms with van der Waals surface area (Å²) in [5.74, 6) is 0.581. The maximum atomic E-state index is 12.7. The fraction of sp³-hybridized carbons (Fsp3) is 0.190. The van der Waals surface area contributed by atoms with Gasteiger partial charge in [-0.3, -0.25) is 4.79 Å². The maximum absolute atomic E-state index is 12.7.